The van der Waals surface area contributed by atoms with Crippen LogP contribution in [0.25, 0.3) is 0 Å². The second-order valence-electron chi connectivity index (χ2n) is 8.31. The van der Waals surface area contributed by atoms with E-state index in [1.165, 1.54) is 0 Å². The molecule has 174 valence electrons. The third-order valence-corrected chi connectivity index (χ3v) is 3.05. The molecule has 0 fully saturated rings. The fourth-order valence-electron chi connectivity index (χ4n) is 1.03. The van der Waals surface area contributed by atoms with Crippen molar-refractivity contribution in [1.82, 2.24) is 0 Å². The SMILES string of the molecule is CC(C)(C)C(=O)[O-].CC(C)(C)C(=O)[O-].[Bi+2].[c]1ccccc1.[c]1ccccc1.[c]1ccccc1. The maximum Gasteiger partial charge on any atom is 2.00 e. The summed E-state index contributed by atoms with van der Waals surface area (Å²) in [4.78, 5) is 19.8. The van der Waals surface area contributed by atoms with Crippen LogP contribution in [-0.2, 0) is 9.59 Å². The van der Waals surface area contributed by atoms with Crippen molar-refractivity contribution < 1.29 is 19.8 Å². The fourth-order valence-corrected chi connectivity index (χ4v) is 1.03. The third kappa shape index (κ3) is 29.5. The number of rotatable bonds is 0. The van der Waals surface area contributed by atoms with Crippen LogP contribution < -0.4 is 10.2 Å². The van der Waals surface area contributed by atoms with Crippen molar-refractivity contribution in [2.45, 2.75) is 41.5 Å². The minimum Gasteiger partial charge on any atom is -0.550 e. The first kappa shape index (κ1) is 35.1. The van der Waals surface area contributed by atoms with Gasteiger partial charge in [-0.2, -0.15) is 0 Å². The van der Waals surface area contributed by atoms with Gasteiger partial charge < -0.3 is 19.8 Å². The Morgan fingerprint density at radius 3 is 0.667 bits per heavy atom. The maximum atomic E-state index is 9.91. The van der Waals surface area contributed by atoms with Gasteiger partial charge in [0, 0.05) is 22.8 Å². The topological polar surface area (TPSA) is 80.3 Å². The maximum absolute atomic E-state index is 9.91. The minimum absolute atomic E-state index is 0. The Labute approximate surface area is 218 Å². The standard InChI is InChI=1S/3C6H5.2C5H10O2.Bi/c3*1-2-4-6-5-3-1;2*1-5(2,3)4(6)7;/h3*1-5H;2*1-3H3,(H,6,7);/q;;;;;+2/p-2. The second kappa shape index (κ2) is 21.3. The molecule has 5 heteroatoms. The molecule has 0 atom stereocenters. The molecule has 6 radical (unpaired) electrons. The molecule has 0 saturated carbocycles. The number of carboxylic acid groups (broad SMARTS) is 2. The van der Waals surface area contributed by atoms with Crippen LogP contribution in [0.2, 0.25) is 0 Å². The summed E-state index contributed by atoms with van der Waals surface area (Å²) in [6.45, 7) is 9.60. The molecule has 0 spiro atoms. The summed E-state index contributed by atoms with van der Waals surface area (Å²) in [6, 6.07) is 37.5. The normalized spacial score (nSPS) is 9.15. The van der Waals surface area contributed by atoms with Gasteiger partial charge in [0.25, 0.3) is 0 Å². The van der Waals surface area contributed by atoms with Gasteiger partial charge in [0.15, 0.2) is 0 Å². The molecule has 0 aliphatic heterocycles. The summed E-state index contributed by atoms with van der Waals surface area (Å²) in [6.07, 6.45) is 0. The molecule has 0 bridgehead atoms. The van der Waals surface area contributed by atoms with Crippen molar-refractivity contribution in [2.24, 2.45) is 10.8 Å². The zero-order valence-corrected chi connectivity index (χ0v) is 23.7. The van der Waals surface area contributed by atoms with E-state index >= 15 is 0 Å². The van der Waals surface area contributed by atoms with E-state index < -0.39 is 22.8 Å². The number of carboxylic acids is 2. The average Bonchev–Trinajstić information content (AvgIpc) is 2.78. The Morgan fingerprint density at radius 1 is 0.485 bits per heavy atom. The van der Waals surface area contributed by atoms with Crippen molar-refractivity contribution in [3.8, 4) is 0 Å². The van der Waals surface area contributed by atoms with Gasteiger partial charge >= 0.3 is 26.2 Å². The Kier molecular flexibility index (Phi) is 22.7. The van der Waals surface area contributed by atoms with Crippen molar-refractivity contribution >= 4 is 38.1 Å². The van der Waals surface area contributed by atoms with Crippen LogP contribution in [-0.4, -0.2) is 38.1 Å². The van der Waals surface area contributed by atoms with Gasteiger partial charge in [-0.25, -0.2) is 0 Å². The van der Waals surface area contributed by atoms with Gasteiger partial charge in [0.05, 0.1) is 0 Å². The number of benzene rings is 3. The quantitative estimate of drug-likeness (QED) is 0.351. The zero-order valence-electron chi connectivity index (χ0n) is 20.2. The van der Waals surface area contributed by atoms with Gasteiger partial charge in [0.2, 0.25) is 0 Å². The van der Waals surface area contributed by atoms with Gasteiger partial charge in [0.1, 0.15) is 0 Å². The summed E-state index contributed by atoms with van der Waals surface area (Å²) in [5, 5.41) is 19.8. The molecule has 0 N–H and O–H groups in total. The van der Waals surface area contributed by atoms with Gasteiger partial charge in [-0.3, -0.25) is 0 Å². The van der Waals surface area contributed by atoms with Crippen LogP contribution in [0, 0.1) is 29.0 Å². The predicted octanol–water partition coefficient (Wildman–Crippen LogP) is 3.64. The summed E-state index contributed by atoms with van der Waals surface area (Å²) < 4.78 is 0. The molecular formula is C28H33BiO4. The summed E-state index contributed by atoms with van der Waals surface area (Å²) in [7, 11) is 0. The van der Waals surface area contributed by atoms with E-state index in [-0.39, 0.29) is 26.2 Å². The molecule has 0 aliphatic rings. The van der Waals surface area contributed by atoms with E-state index in [2.05, 4.69) is 18.2 Å². The van der Waals surface area contributed by atoms with Crippen molar-refractivity contribution in [3.63, 3.8) is 0 Å². The smallest absolute Gasteiger partial charge is 0.550 e. The summed E-state index contributed by atoms with van der Waals surface area (Å²) >= 11 is 0. The molecule has 0 aromatic heterocycles. The molecule has 0 saturated heterocycles. The predicted molar refractivity (Wildman–Crippen MR) is 131 cm³/mol. The monoisotopic (exact) mass is 642 g/mol. The number of hydrogen-bond donors (Lipinski definition) is 0. The Bertz CT molecular complexity index is 615. The molecule has 3 rings (SSSR count). The van der Waals surface area contributed by atoms with Crippen molar-refractivity contribution in [3.05, 3.63) is 109 Å². The van der Waals surface area contributed by atoms with Gasteiger partial charge in [-0.15, -0.1) is 0 Å². The molecule has 0 amide bonds. The molecule has 3 aromatic carbocycles. The minimum atomic E-state index is -1.01. The first-order valence-corrected chi connectivity index (χ1v) is 10.0. The van der Waals surface area contributed by atoms with E-state index in [1.807, 2.05) is 91.0 Å². The Hall–Kier alpha value is -2.52. The van der Waals surface area contributed by atoms with E-state index in [9.17, 15) is 19.8 Å². The van der Waals surface area contributed by atoms with Gasteiger partial charge in [-0.05, 0) is 18.2 Å². The van der Waals surface area contributed by atoms with E-state index in [1.54, 1.807) is 41.5 Å². The Morgan fingerprint density at radius 2 is 0.636 bits per heavy atom. The van der Waals surface area contributed by atoms with Crippen LogP contribution in [0.5, 0.6) is 0 Å². The summed E-state index contributed by atoms with van der Waals surface area (Å²) in [5.74, 6) is -2.01. The molecule has 3 aromatic rings. The van der Waals surface area contributed by atoms with Crippen molar-refractivity contribution in [1.29, 1.82) is 0 Å². The van der Waals surface area contributed by atoms with Crippen LogP contribution >= 0.6 is 0 Å². The van der Waals surface area contributed by atoms with Crippen molar-refractivity contribution in [2.75, 3.05) is 0 Å². The van der Waals surface area contributed by atoms with Gasteiger partial charge in [-0.1, -0.05) is 133 Å². The average molecular weight is 643 g/mol. The molecule has 0 heterocycles. The second-order valence-corrected chi connectivity index (χ2v) is 8.31. The number of hydrogen-bond acceptors (Lipinski definition) is 4. The van der Waals surface area contributed by atoms with Crippen LogP contribution in [0.15, 0.2) is 91.0 Å². The van der Waals surface area contributed by atoms with Crippen LogP contribution in [0.4, 0.5) is 0 Å². The molecule has 33 heavy (non-hydrogen) atoms. The first-order valence-electron chi connectivity index (χ1n) is 10.0. The van der Waals surface area contributed by atoms with E-state index in [0.717, 1.165) is 0 Å². The summed E-state index contributed by atoms with van der Waals surface area (Å²) in [5.41, 5.74) is -1.39. The molecule has 0 aliphatic carbocycles. The number of carbonyl (C=O) groups is 2. The van der Waals surface area contributed by atoms with E-state index in [0.29, 0.717) is 0 Å². The molecule has 0 unspecified atom stereocenters. The zero-order chi connectivity index (χ0) is 24.9. The third-order valence-electron chi connectivity index (χ3n) is 3.05. The molecular weight excluding hydrogens is 609 g/mol. The van der Waals surface area contributed by atoms with Crippen LogP contribution in [0.3, 0.4) is 0 Å². The van der Waals surface area contributed by atoms with E-state index in [4.69, 9.17) is 0 Å². The van der Waals surface area contributed by atoms with Crippen LogP contribution in [0.1, 0.15) is 41.5 Å². The number of carbonyl (C=O) groups excluding carboxylic acids is 2. The fraction of sp³-hybridized carbons (Fsp3) is 0.286. The Balaban J connectivity index is -0.000000338. The number of aliphatic carboxylic acids is 2. The molecule has 4 nitrogen and oxygen atoms in total. The largest absolute Gasteiger partial charge is 2.00 e. The first-order chi connectivity index (χ1) is 14.9.